The molecule has 0 unspecified atom stereocenters. The maximum absolute atomic E-state index is 13.4. The van der Waals surface area contributed by atoms with Crippen molar-refractivity contribution in [3.8, 4) is 0 Å². The van der Waals surface area contributed by atoms with E-state index >= 15 is 0 Å². The van der Waals surface area contributed by atoms with Crippen molar-refractivity contribution in [2.75, 3.05) is 17.7 Å². The predicted molar refractivity (Wildman–Crippen MR) is 127 cm³/mol. The molecule has 0 atom stereocenters. The van der Waals surface area contributed by atoms with Crippen LogP contribution in [0.5, 0.6) is 0 Å². The molecule has 0 spiro atoms. The van der Waals surface area contributed by atoms with Crippen molar-refractivity contribution in [2.45, 2.75) is 39.0 Å². The van der Waals surface area contributed by atoms with E-state index < -0.39 is 35.6 Å². The lowest BCUT2D eigenvalue weighted by Gasteiger charge is -2.24. The lowest BCUT2D eigenvalue weighted by Crippen LogP contribution is -2.30. The SMILES string of the molecule is Cc1cc(C(F)(F)F)nn1CC(=O)Nc1cncc(C(=O)c2cn(C(C)(C)CO)c3nc(N)ncc23)c1. The first kappa shape index (κ1) is 25.8. The normalized spacial score (nSPS) is 12.2. The summed E-state index contributed by atoms with van der Waals surface area (Å²) in [6, 6.07) is 2.24. The largest absolute Gasteiger partial charge is 0.435 e. The zero-order chi connectivity index (χ0) is 27.1. The fraction of sp³-hybridized carbons (Fsp3) is 0.304. The Labute approximate surface area is 208 Å². The van der Waals surface area contributed by atoms with Crippen LogP contribution in [0.2, 0.25) is 0 Å². The number of anilines is 2. The third-order valence-electron chi connectivity index (χ3n) is 5.70. The summed E-state index contributed by atoms with van der Waals surface area (Å²) in [5.41, 5.74) is 4.88. The van der Waals surface area contributed by atoms with Crippen LogP contribution in [0.25, 0.3) is 11.0 Å². The van der Waals surface area contributed by atoms with Crippen molar-refractivity contribution in [1.29, 1.82) is 0 Å². The summed E-state index contributed by atoms with van der Waals surface area (Å²) in [6.45, 7) is 4.22. The molecule has 0 aliphatic carbocycles. The zero-order valence-electron chi connectivity index (χ0n) is 20.0. The summed E-state index contributed by atoms with van der Waals surface area (Å²) in [5, 5.41) is 16.2. The van der Waals surface area contributed by atoms with E-state index in [2.05, 4.69) is 25.4 Å². The van der Waals surface area contributed by atoms with Crippen molar-refractivity contribution >= 4 is 34.4 Å². The van der Waals surface area contributed by atoms with Gasteiger partial charge in [-0.3, -0.25) is 19.3 Å². The Morgan fingerprint density at radius 3 is 2.54 bits per heavy atom. The Morgan fingerprint density at radius 2 is 1.89 bits per heavy atom. The molecule has 37 heavy (non-hydrogen) atoms. The highest BCUT2D eigenvalue weighted by atomic mass is 19.4. The average Bonchev–Trinajstić information content (AvgIpc) is 3.39. The van der Waals surface area contributed by atoms with E-state index in [4.69, 9.17) is 5.73 Å². The summed E-state index contributed by atoms with van der Waals surface area (Å²) < 4.78 is 41.2. The smallest absolute Gasteiger partial charge is 0.394 e. The molecule has 0 bridgehead atoms. The number of amides is 1. The fourth-order valence-corrected chi connectivity index (χ4v) is 3.67. The first-order valence-electron chi connectivity index (χ1n) is 11.0. The van der Waals surface area contributed by atoms with Gasteiger partial charge in [-0.25, -0.2) is 4.98 Å². The lowest BCUT2D eigenvalue weighted by atomic mass is 10.1. The van der Waals surface area contributed by atoms with Crippen LogP contribution in [0.1, 0.15) is 41.2 Å². The van der Waals surface area contributed by atoms with Crippen LogP contribution >= 0.6 is 0 Å². The molecule has 4 aromatic rings. The van der Waals surface area contributed by atoms with Gasteiger partial charge in [0.1, 0.15) is 12.2 Å². The first-order valence-corrected chi connectivity index (χ1v) is 11.0. The number of nitrogens with two attached hydrogens (primary N) is 1. The number of nitrogens with zero attached hydrogens (tertiary/aromatic N) is 6. The van der Waals surface area contributed by atoms with Gasteiger partial charge in [-0.05, 0) is 32.9 Å². The van der Waals surface area contributed by atoms with Crippen molar-refractivity contribution in [1.82, 2.24) is 29.3 Å². The molecule has 0 saturated carbocycles. The molecule has 0 saturated heterocycles. The Balaban J connectivity index is 1.60. The summed E-state index contributed by atoms with van der Waals surface area (Å²) in [6.07, 6.45) is 0.936. The number of nitrogens with one attached hydrogen (secondary N) is 1. The zero-order valence-corrected chi connectivity index (χ0v) is 20.0. The number of rotatable bonds is 7. The second-order valence-electron chi connectivity index (χ2n) is 9.01. The van der Waals surface area contributed by atoms with E-state index in [1.807, 2.05) is 0 Å². The first-order chi connectivity index (χ1) is 17.3. The summed E-state index contributed by atoms with van der Waals surface area (Å²) in [5.74, 6) is -1.11. The number of halogens is 3. The van der Waals surface area contributed by atoms with E-state index in [9.17, 15) is 27.9 Å². The van der Waals surface area contributed by atoms with Gasteiger partial charge in [-0.15, -0.1) is 0 Å². The third kappa shape index (κ3) is 5.14. The van der Waals surface area contributed by atoms with Gasteiger partial charge in [0.05, 0.1) is 29.6 Å². The second kappa shape index (κ2) is 9.28. The van der Waals surface area contributed by atoms with Crippen LogP contribution in [0.4, 0.5) is 24.8 Å². The van der Waals surface area contributed by atoms with Gasteiger partial charge in [0.2, 0.25) is 11.9 Å². The molecule has 0 aliphatic rings. The van der Waals surface area contributed by atoms with Gasteiger partial charge in [-0.1, -0.05) is 0 Å². The third-order valence-corrected chi connectivity index (χ3v) is 5.70. The summed E-state index contributed by atoms with van der Waals surface area (Å²) >= 11 is 0. The number of hydrogen-bond acceptors (Lipinski definition) is 8. The molecule has 0 aromatic carbocycles. The topological polar surface area (TPSA) is 154 Å². The molecule has 14 heteroatoms. The van der Waals surface area contributed by atoms with E-state index in [-0.39, 0.29) is 35.1 Å². The van der Waals surface area contributed by atoms with Crippen LogP contribution in [0, 0.1) is 6.92 Å². The molecule has 0 radical (unpaired) electrons. The van der Waals surface area contributed by atoms with Crippen molar-refractivity contribution < 1.29 is 27.9 Å². The Bertz CT molecular complexity index is 1510. The number of alkyl halides is 3. The number of pyridine rings is 1. The average molecular weight is 516 g/mol. The van der Waals surface area contributed by atoms with Crippen molar-refractivity contribution in [2.24, 2.45) is 0 Å². The molecular weight excluding hydrogens is 493 g/mol. The fourth-order valence-electron chi connectivity index (χ4n) is 3.67. The van der Waals surface area contributed by atoms with Crippen molar-refractivity contribution in [3.05, 3.63) is 59.4 Å². The molecule has 194 valence electrons. The summed E-state index contributed by atoms with van der Waals surface area (Å²) in [4.78, 5) is 38.1. The highest BCUT2D eigenvalue weighted by molar-refractivity contribution is 6.16. The molecule has 4 N–H and O–H groups in total. The van der Waals surface area contributed by atoms with E-state index in [0.717, 1.165) is 10.7 Å². The maximum Gasteiger partial charge on any atom is 0.435 e. The van der Waals surface area contributed by atoms with Crippen LogP contribution in [0.3, 0.4) is 0 Å². The van der Waals surface area contributed by atoms with Gasteiger partial charge in [0.25, 0.3) is 0 Å². The standard InChI is InChI=1S/C23H23F3N8O3/c1-12-4-17(23(24,25)26)32-34(12)10-18(36)30-14-5-13(6-28-7-14)19(37)16-9-33(22(2,3)11-35)20-15(16)8-29-21(27)31-20/h4-9,35H,10-11H2,1-3H3,(H,30,36)(H2,27,29,31). The van der Waals surface area contributed by atoms with Crippen LogP contribution in [-0.2, 0) is 23.1 Å². The quantitative estimate of drug-likeness (QED) is 0.317. The van der Waals surface area contributed by atoms with Crippen molar-refractivity contribution in [3.63, 3.8) is 0 Å². The molecular formula is C23H23F3N8O3. The molecule has 1 amide bonds. The van der Waals surface area contributed by atoms with Gasteiger partial charge >= 0.3 is 6.18 Å². The minimum atomic E-state index is -4.63. The minimum Gasteiger partial charge on any atom is -0.394 e. The van der Waals surface area contributed by atoms with Crippen LogP contribution in [0.15, 0.2) is 36.9 Å². The number of nitrogen functional groups attached to an aromatic ring is 1. The Hall–Kier alpha value is -4.33. The molecule has 0 fully saturated rings. The number of ketones is 1. The number of carbonyl (C=O) groups excluding carboxylic acids is 2. The molecule has 4 heterocycles. The number of aliphatic hydroxyl groups excluding tert-OH is 1. The lowest BCUT2D eigenvalue weighted by molar-refractivity contribution is -0.141. The number of fused-ring (bicyclic) bond motifs is 1. The van der Waals surface area contributed by atoms with Gasteiger partial charge in [0, 0.05) is 35.2 Å². The van der Waals surface area contributed by atoms with E-state index in [0.29, 0.717) is 11.0 Å². The van der Waals surface area contributed by atoms with Crippen LogP contribution < -0.4 is 11.1 Å². The van der Waals surface area contributed by atoms with E-state index in [1.165, 1.54) is 31.6 Å². The molecule has 4 aromatic heterocycles. The van der Waals surface area contributed by atoms with Gasteiger partial charge in [0.15, 0.2) is 11.5 Å². The minimum absolute atomic E-state index is 0.000684. The number of aliphatic hydroxyl groups is 1. The highest BCUT2D eigenvalue weighted by Gasteiger charge is 2.34. The molecule has 11 nitrogen and oxygen atoms in total. The highest BCUT2D eigenvalue weighted by Crippen LogP contribution is 2.29. The predicted octanol–water partition coefficient (Wildman–Crippen LogP) is 2.53. The van der Waals surface area contributed by atoms with E-state index in [1.54, 1.807) is 24.6 Å². The molecule has 4 rings (SSSR count). The van der Waals surface area contributed by atoms with Gasteiger partial charge in [-0.2, -0.15) is 23.3 Å². The number of carbonyl (C=O) groups is 2. The summed E-state index contributed by atoms with van der Waals surface area (Å²) in [7, 11) is 0. The maximum atomic E-state index is 13.4. The number of aryl methyl sites for hydroxylation is 1. The van der Waals surface area contributed by atoms with Crippen LogP contribution in [-0.4, -0.2) is 52.7 Å². The number of hydrogen-bond donors (Lipinski definition) is 3. The van der Waals surface area contributed by atoms with Gasteiger partial charge < -0.3 is 20.7 Å². The number of aromatic nitrogens is 6. The molecule has 0 aliphatic heterocycles. The Kier molecular flexibility index (Phi) is 6.46. The second-order valence-corrected chi connectivity index (χ2v) is 9.01. The Morgan fingerprint density at radius 1 is 1.16 bits per heavy atom. The monoisotopic (exact) mass is 516 g/mol.